The van der Waals surface area contributed by atoms with Crippen molar-refractivity contribution in [3.05, 3.63) is 44.9 Å². The molecule has 0 heterocycles. The van der Waals surface area contributed by atoms with Crippen LogP contribution >= 0.6 is 34.8 Å². The van der Waals surface area contributed by atoms with Gasteiger partial charge in [0.25, 0.3) is 0 Å². The molecular weight excluding hydrogens is 488 g/mol. The van der Waals surface area contributed by atoms with Gasteiger partial charge in [0.15, 0.2) is 0 Å². The van der Waals surface area contributed by atoms with Crippen molar-refractivity contribution in [1.29, 1.82) is 0 Å². The van der Waals surface area contributed by atoms with Crippen LogP contribution in [0.25, 0.3) is 0 Å². The van der Waals surface area contributed by atoms with Gasteiger partial charge in [0, 0.05) is 6.61 Å². The van der Waals surface area contributed by atoms with Gasteiger partial charge in [0.2, 0.25) is 0 Å². The summed E-state index contributed by atoms with van der Waals surface area (Å²) in [5.41, 5.74) is 2.16. The zero-order valence-electron chi connectivity index (χ0n) is 18.4. The summed E-state index contributed by atoms with van der Waals surface area (Å²) in [6.45, 7) is 5.70. The number of allylic oxidation sites excluding steroid dienone is 1. The van der Waals surface area contributed by atoms with Crippen LogP contribution in [0, 0.1) is 0 Å². The Labute approximate surface area is 203 Å². The minimum atomic E-state index is -4.49. The number of unbranched alkanes of at least 4 members (excludes halogenated alkanes) is 2. The standard InChI is InChI=1S/C23H30Cl3F3O3/c1-3-17-15-19(31-14-10-21(25)26)16-18(4-2)22(17)32-13-7-5-6-11-30-12-8-9-20(24)23(27,28)29/h9-10,15-16H,3-8,11-14H2,1-2H3. The second kappa shape index (κ2) is 15.7. The third-order valence-corrected chi connectivity index (χ3v) is 5.18. The molecule has 0 spiro atoms. The maximum absolute atomic E-state index is 12.2. The van der Waals surface area contributed by atoms with Crippen LogP contribution in [0.2, 0.25) is 0 Å². The zero-order valence-corrected chi connectivity index (χ0v) is 20.6. The van der Waals surface area contributed by atoms with Gasteiger partial charge in [-0.25, -0.2) is 0 Å². The van der Waals surface area contributed by atoms with Gasteiger partial charge in [-0.15, -0.1) is 0 Å². The minimum Gasteiger partial charge on any atom is -0.493 e. The molecule has 182 valence electrons. The van der Waals surface area contributed by atoms with Gasteiger partial charge < -0.3 is 14.2 Å². The van der Waals surface area contributed by atoms with E-state index in [2.05, 4.69) is 13.8 Å². The Morgan fingerprint density at radius 3 is 2.06 bits per heavy atom. The number of aryl methyl sites for hydroxylation is 2. The number of alkyl halides is 3. The monoisotopic (exact) mass is 516 g/mol. The van der Waals surface area contributed by atoms with Gasteiger partial charge in [-0.3, -0.25) is 0 Å². The summed E-state index contributed by atoms with van der Waals surface area (Å²) in [6, 6.07) is 3.94. The summed E-state index contributed by atoms with van der Waals surface area (Å²) in [6.07, 6.45) is 2.36. The van der Waals surface area contributed by atoms with Crippen molar-refractivity contribution in [2.45, 2.75) is 58.5 Å². The van der Waals surface area contributed by atoms with E-state index in [0.29, 0.717) is 19.8 Å². The molecular formula is C23H30Cl3F3O3. The maximum Gasteiger partial charge on any atom is 0.426 e. The fourth-order valence-corrected chi connectivity index (χ4v) is 3.10. The largest absolute Gasteiger partial charge is 0.493 e. The Morgan fingerprint density at radius 1 is 0.875 bits per heavy atom. The van der Waals surface area contributed by atoms with Gasteiger partial charge in [0.05, 0.1) is 13.2 Å². The molecule has 1 rings (SSSR count). The molecule has 0 N–H and O–H groups in total. The van der Waals surface area contributed by atoms with E-state index in [0.717, 1.165) is 60.8 Å². The van der Waals surface area contributed by atoms with Crippen LogP contribution in [-0.2, 0) is 17.6 Å². The Balaban J connectivity index is 2.37. The molecule has 0 aliphatic carbocycles. The molecule has 0 atom stereocenters. The second-order valence-electron chi connectivity index (χ2n) is 6.94. The molecule has 0 saturated carbocycles. The van der Waals surface area contributed by atoms with Crippen LogP contribution < -0.4 is 9.47 Å². The normalized spacial score (nSPS) is 12.1. The van der Waals surface area contributed by atoms with E-state index in [1.165, 1.54) is 0 Å². The van der Waals surface area contributed by atoms with Crippen LogP contribution in [0.5, 0.6) is 11.5 Å². The fraction of sp³-hybridized carbons (Fsp3) is 0.565. The van der Waals surface area contributed by atoms with E-state index in [1.54, 1.807) is 6.08 Å². The molecule has 1 aromatic carbocycles. The van der Waals surface area contributed by atoms with Gasteiger partial charge in [-0.1, -0.05) is 54.7 Å². The van der Waals surface area contributed by atoms with Crippen molar-refractivity contribution >= 4 is 34.8 Å². The van der Waals surface area contributed by atoms with Crippen molar-refractivity contribution in [1.82, 2.24) is 0 Å². The van der Waals surface area contributed by atoms with E-state index in [1.807, 2.05) is 12.1 Å². The molecule has 0 aromatic heterocycles. The van der Waals surface area contributed by atoms with E-state index < -0.39 is 11.2 Å². The molecule has 0 aliphatic heterocycles. The van der Waals surface area contributed by atoms with E-state index >= 15 is 0 Å². The van der Waals surface area contributed by atoms with Crippen LogP contribution in [0.3, 0.4) is 0 Å². The van der Waals surface area contributed by atoms with E-state index in [4.69, 9.17) is 49.0 Å². The molecule has 32 heavy (non-hydrogen) atoms. The third kappa shape index (κ3) is 11.7. The van der Waals surface area contributed by atoms with Gasteiger partial charge in [0.1, 0.15) is 27.6 Å². The molecule has 3 nitrogen and oxygen atoms in total. The third-order valence-electron chi connectivity index (χ3n) is 4.50. The molecule has 0 bridgehead atoms. The summed E-state index contributed by atoms with van der Waals surface area (Å²) >= 11 is 16.4. The number of benzene rings is 1. The van der Waals surface area contributed by atoms with Crippen LogP contribution in [-0.4, -0.2) is 32.6 Å². The van der Waals surface area contributed by atoms with Crippen molar-refractivity contribution in [3.8, 4) is 11.5 Å². The number of halogens is 6. The highest BCUT2D eigenvalue weighted by atomic mass is 35.5. The quantitative estimate of drug-likeness (QED) is 0.220. The first-order chi connectivity index (χ1) is 15.2. The highest BCUT2D eigenvalue weighted by molar-refractivity contribution is 6.55. The SMILES string of the molecule is CCc1cc(OCC=C(Cl)Cl)cc(CC)c1OCCCCCOCCC=C(Cl)C(F)(F)F. The van der Waals surface area contributed by atoms with Crippen molar-refractivity contribution in [2.75, 3.05) is 26.4 Å². The smallest absolute Gasteiger partial charge is 0.426 e. The lowest BCUT2D eigenvalue weighted by molar-refractivity contribution is -0.0848. The molecule has 0 unspecified atom stereocenters. The number of hydrogen-bond acceptors (Lipinski definition) is 3. The average molecular weight is 518 g/mol. The highest BCUT2D eigenvalue weighted by Crippen LogP contribution is 2.31. The van der Waals surface area contributed by atoms with Gasteiger partial charge >= 0.3 is 6.18 Å². The van der Waals surface area contributed by atoms with Crippen LogP contribution in [0.15, 0.2) is 33.8 Å². The van der Waals surface area contributed by atoms with Gasteiger partial charge in [-0.2, -0.15) is 13.2 Å². The summed E-state index contributed by atoms with van der Waals surface area (Å²) in [7, 11) is 0. The maximum atomic E-state index is 12.2. The van der Waals surface area contributed by atoms with Crippen molar-refractivity contribution in [3.63, 3.8) is 0 Å². The molecule has 0 fully saturated rings. The summed E-state index contributed by atoms with van der Waals surface area (Å²) in [5.74, 6) is 1.65. The molecule has 0 saturated heterocycles. The molecule has 0 aliphatic rings. The van der Waals surface area contributed by atoms with E-state index in [-0.39, 0.29) is 17.5 Å². The van der Waals surface area contributed by atoms with Crippen molar-refractivity contribution < 1.29 is 27.4 Å². The molecule has 0 amide bonds. The lowest BCUT2D eigenvalue weighted by atomic mass is 10.0. The molecule has 9 heteroatoms. The number of rotatable bonds is 15. The van der Waals surface area contributed by atoms with Gasteiger partial charge in [-0.05, 0) is 67.9 Å². The second-order valence-corrected chi connectivity index (χ2v) is 8.36. The first kappa shape index (κ1) is 29.0. The lowest BCUT2D eigenvalue weighted by Crippen LogP contribution is -2.07. The highest BCUT2D eigenvalue weighted by Gasteiger charge is 2.31. The zero-order chi connectivity index (χ0) is 24.0. The first-order valence-electron chi connectivity index (χ1n) is 10.6. The topological polar surface area (TPSA) is 27.7 Å². The van der Waals surface area contributed by atoms with E-state index in [9.17, 15) is 13.2 Å². The number of ether oxygens (including phenoxy) is 3. The Kier molecular flexibility index (Phi) is 14.2. The Hall–Kier alpha value is -1.08. The molecule has 0 radical (unpaired) electrons. The predicted molar refractivity (Wildman–Crippen MR) is 125 cm³/mol. The summed E-state index contributed by atoms with van der Waals surface area (Å²) < 4.78 is 54.0. The number of hydrogen-bond donors (Lipinski definition) is 0. The lowest BCUT2D eigenvalue weighted by Gasteiger charge is -2.17. The minimum absolute atomic E-state index is 0.135. The average Bonchev–Trinajstić information content (AvgIpc) is 2.73. The Morgan fingerprint density at radius 2 is 1.50 bits per heavy atom. The fourth-order valence-electron chi connectivity index (χ4n) is 2.86. The van der Waals surface area contributed by atoms with Crippen LogP contribution in [0.1, 0.15) is 50.7 Å². The summed E-state index contributed by atoms with van der Waals surface area (Å²) in [4.78, 5) is 0. The summed E-state index contributed by atoms with van der Waals surface area (Å²) in [5, 5.41) is -1.10. The van der Waals surface area contributed by atoms with Crippen molar-refractivity contribution in [2.24, 2.45) is 0 Å². The van der Waals surface area contributed by atoms with Crippen LogP contribution in [0.4, 0.5) is 13.2 Å². The molecule has 1 aromatic rings. The first-order valence-corrected chi connectivity index (χ1v) is 11.8. The Bertz CT molecular complexity index is 721. The predicted octanol–water partition coefficient (Wildman–Crippen LogP) is 8.15.